The molecule has 1 heterocycles. The van der Waals surface area contributed by atoms with Gasteiger partial charge in [0.25, 0.3) is 0 Å². The number of carbonyl (C=O) groups excluding carboxylic acids is 1. The van der Waals surface area contributed by atoms with E-state index in [2.05, 4.69) is 0 Å². The number of methoxy groups -OCH3 is 2. The Morgan fingerprint density at radius 1 is 1.22 bits per heavy atom. The van der Waals surface area contributed by atoms with Gasteiger partial charge in [-0.3, -0.25) is 0 Å². The average Bonchev–Trinajstić information content (AvgIpc) is 2.84. The Balaban J connectivity index is 2.89. The lowest BCUT2D eigenvalue weighted by molar-refractivity contribution is -0.209. The van der Waals surface area contributed by atoms with E-state index in [1.807, 2.05) is 27.7 Å². The number of hydrogen-bond acceptors (Lipinski definition) is 7. The summed E-state index contributed by atoms with van der Waals surface area (Å²) in [6.07, 6.45) is 0.233. The van der Waals surface area contributed by atoms with Crippen LogP contribution in [0.1, 0.15) is 34.1 Å². The zero-order chi connectivity index (χ0) is 17.5. The molecule has 1 aliphatic rings. The summed E-state index contributed by atoms with van der Waals surface area (Å²) in [5.41, 5.74) is -0.554. The van der Waals surface area contributed by atoms with E-state index < -0.39 is 23.4 Å². The minimum atomic E-state index is -0.675. The lowest BCUT2D eigenvalue weighted by Gasteiger charge is -2.34. The standard InChI is InChI=1S/C16H30O7/c1-15(2,9-17)7-12(20-10-18-5)14(21-11-19-6)13-8-22-16(3,4)23-13/h9,12-14H,7-8,10-11H2,1-6H3/t12-,13+,14-/m0/s1. The van der Waals surface area contributed by atoms with Crippen molar-refractivity contribution in [3.63, 3.8) is 0 Å². The molecule has 0 aliphatic carbocycles. The third-order valence-corrected chi connectivity index (χ3v) is 3.59. The maximum atomic E-state index is 11.3. The second-order valence-corrected chi connectivity index (χ2v) is 6.83. The molecule has 7 heteroatoms. The Hall–Kier alpha value is -0.570. The van der Waals surface area contributed by atoms with Gasteiger partial charge in [-0.1, -0.05) is 13.8 Å². The van der Waals surface area contributed by atoms with E-state index in [9.17, 15) is 4.79 Å². The molecule has 0 bridgehead atoms. The van der Waals surface area contributed by atoms with E-state index in [4.69, 9.17) is 28.4 Å². The van der Waals surface area contributed by atoms with Crippen LogP contribution >= 0.6 is 0 Å². The van der Waals surface area contributed by atoms with Crippen LogP contribution in [0, 0.1) is 5.41 Å². The Morgan fingerprint density at radius 2 is 1.83 bits per heavy atom. The molecule has 0 aromatic carbocycles. The first-order valence-corrected chi connectivity index (χ1v) is 7.74. The highest BCUT2D eigenvalue weighted by molar-refractivity contribution is 5.57. The molecule has 0 N–H and O–H groups in total. The predicted octanol–water partition coefficient (Wildman–Crippen LogP) is 1.73. The third-order valence-electron chi connectivity index (χ3n) is 3.59. The second-order valence-electron chi connectivity index (χ2n) is 6.83. The minimum absolute atomic E-state index is 0.0965. The van der Waals surface area contributed by atoms with E-state index in [0.29, 0.717) is 13.0 Å². The third kappa shape index (κ3) is 6.82. The Labute approximate surface area is 138 Å². The van der Waals surface area contributed by atoms with Crippen molar-refractivity contribution in [1.29, 1.82) is 0 Å². The number of hydrogen-bond donors (Lipinski definition) is 0. The van der Waals surface area contributed by atoms with Crippen molar-refractivity contribution in [3.05, 3.63) is 0 Å². The highest BCUT2D eigenvalue weighted by Gasteiger charge is 2.43. The molecule has 1 fully saturated rings. The van der Waals surface area contributed by atoms with Crippen LogP contribution in [0.4, 0.5) is 0 Å². The zero-order valence-electron chi connectivity index (χ0n) is 15.0. The van der Waals surface area contributed by atoms with Crippen molar-refractivity contribution in [3.8, 4) is 0 Å². The molecule has 0 saturated carbocycles. The largest absolute Gasteiger partial charge is 0.359 e. The molecular formula is C16H30O7. The van der Waals surface area contributed by atoms with Crippen molar-refractivity contribution in [2.75, 3.05) is 34.4 Å². The van der Waals surface area contributed by atoms with E-state index >= 15 is 0 Å². The summed E-state index contributed by atoms with van der Waals surface area (Å²) in [6.45, 7) is 7.99. The van der Waals surface area contributed by atoms with Gasteiger partial charge in [-0.2, -0.15) is 0 Å². The van der Waals surface area contributed by atoms with E-state index in [-0.39, 0.29) is 19.7 Å². The van der Waals surface area contributed by atoms with Gasteiger partial charge >= 0.3 is 0 Å². The first kappa shape index (κ1) is 20.5. The van der Waals surface area contributed by atoms with E-state index in [1.54, 1.807) is 14.2 Å². The van der Waals surface area contributed by atoms with Gasteiger partial charge in [0.2, 0.25) is 0 Å². The Kier molecular flexibility index (Phi) is 8.06. The maximum absolute atomic E-state index is 11.3. The van der Waals surface area contributed by atoms with Crippen molar-refractivity contribution in [2.24, 2.45) is 5.41 Å². The topological polar surface area (TPSA) is 72.5 Å². The van der Waals surface area contributed by atoms with Crippen LogP contribution in [0.15, 0.2) is 0 Å². The zero-order valence-corrected chi connectivity index (χ0v) is 15.0. The summed E-state index contributed by atoms with van der Waals surface area (Å²) < 4.78 is 33.1. The Morgan fingerprint density at radius 3 is 2.30 bits per heavy atom. The quantitative estimate of drug-likeness (QED) is 0.421. The molecule has 1 saturated heterocycles. The summed E-state index contributed by atoms with van der Waals surface area (Å²) in [5.74, 6) is -0.675. The number of carbonyl (C=O) groups is 1. The lowest BCUT2D eigenvalue weighted by Crippen LogP contribution is -2.46. The molecule has 0 amide bonds. The van der Waals surface area contributed by atoms with Crippen LogP contribution in [0.3, 0.4) is 0 Å². The van der Waals surface area contributed by atoms with E-state index in [0.717, 1.165) is 6.29 Å². The summed E-state index contributed by atoms with van der Waals surface area (Å²) >= 11 is 0. The van der Waals surface area contributed by atoms with Crippen molar-refractivity contribution in [1.82, 2.24) is 0 Å². The average molecular weight is 334 g/mol. The van der Waals surface area contributed by atoms with Gasteiger partial charge in [0.15, 0.2) is 5.79 Å². The van der Waals surface area contributed by atoms with Crippen LogP contribution < -0.4 is 0 Å². The van der Waals surface area contributed by atoms with Crippen molar-refractivity contribution >= 4 is 6.29 Å². The predicted molar refractivity (Wildman–Crippen MR) is 82.9 cm³/mol. The highest BCUT2D eigenvalue weighted by Crippen LogP contribution is 2.31. The smallest absolute Gasteiger partial charge is 0.163 e. The summed E-state index contributed by atoms with van der Waals surface area (Å²) in [4.78, 5) is 11.3. The molecule has 1 aliphatic heterocycles. The molecule has 23 heavy (non-hydrogen) atoms. The van der Waals surface area contributed by atoms with Crippen LogP contribution in [-0.4, -0.2) is 64.8 Å². The lowest BCUT2D eigenvalue weighted by atomic mass is 9.85. The number of aldehydes is 1. The van der Waals surface area contributed by atoms with Crippen molar-refractivity contribution in [2.45, 2.75) is 58.2 Å². The summed E-state index contributed by atoms with van der Waals surface area (Å²) in [6, 6.07) is 0. The van der Waals surface area contributed by atoms with Gasteiger partial charge in [0, 0.05) is 19.6 Å². The number of rotatable bonds is 11. The van der Waals surface area contributed by atoms with Gasteiger partial charge in [0.05, 0.1) is 12.7 Å². The molecule has 136 valence electrons. The molecule has 0 radical (unpaired) electrons. The van der Waals surface area contributed by atoms with Gasteiger partial charge in [-0.05, 0) is 20.3 Å². The SMILES string of the molecule is COCO[C@@H]([C@H](CC(C)(C)C=O)OCOC)[C@H]1COC(C)(C)O1. The molecule has 0 spiro atoms. The van der Waals surface area contributed by atoms with Gasteiger partial charge < -0.3 is 33.2 Å². The highest BCUT2D eigenvalue weighted by atomic mass is 16.8. The second kappa shape index (κ2) is 9.05. The first-order valence-electron chi connectivity index (χ1n) is 7.74. The molecule has 3 atom stereocenters. The molecule has 0 aromatic rings. The molecular weight excluding hydrogens is 304 g/mol. The van der Waals surface area contributed by atoms with Crippen molar-refractivity contribution < 1.29 is 33.2 Å². The van der Waals surface area contributed by atoms with Crippen LogP contribution in [0.2, 0.25) is 0 Å². The van der Waals surface area contributed by atoms with Gasteiger partial charge in [-0.25, -0.2) is 0 Å². The molecule has 7 nitrogen and oxygen atoms in total. The van der Waals surface area contributed by atoms with E-state index in [1.165, 1.54) is 0 Å². The summed E-state index contributed by atoms with van der Waals surface area (Å²) in [5, 5.41) is 0. The van der Waals surface area contributed by atoms with Gasteiger partial charge in [-0.15, -0.1) is 0 Å². The van der Waals surface area contributed by atoms with Crippen LogP contribution in [0.25, 0.3) is 0 Å². The summed E-state index contributed by atoms with van der Waals surface area (Å²) in [7, 11) is 3.10. The monoisotopic (exact) mass is 334 g/mol. The minimum Gasteiger partial charge on any atom is -0.359 e. The molecule has 0 aromatic heterocycles. The molecule has 1 rings (SSSR count). The fraction of sp³-hybridized carbons (Fsp3) is 0.938. The normalized spacial score (nSPS) is 23.7. The van der Waals surface area contributed by atoms with Crippen LogP contribution in [-0.2, 0) is 33.2 Å². The fourth-order valence-corrected chi connectivity index (χ4v) is 2.47. The van der Waals surface area contributed by atoms with Gasteiger partial charge in [0.1, 0.15) is 32.1 Å². The Bertz CT molecular complexity index is 356. The van der Waals surface area contributed by atoms with Crippen LogP contribution in [0.5, 0.6) is 0 Å². The number of ether oxygens (including phenoxy) is 6. The molecule has 0 unspecified atom stereocenters. The fourth-order valence-electron chi connectivity index (χ4n) is 2.47. The first-order chi connectivity index (χ1) is 10.7. The maximum Gasteiger partial charge on any atom is 0.163 e.